The van der Waals surface area contributed by atoms with Crippen LogP contribution in [0.1, 0.15) is 26.3 Å². The first-order valence-corrected chi connectivity index (χ1v) is 5.33. The van der Waals surface area contributed by atoms with Gasteiger partial charge in [-0.1, -0.05) is 24.8 Å². The van der Waals surface area contributed by atoms with Crippen LogP contribution in [-0.2, 0) is 11.2 Å². The summed E-state index contributed by atoms with van der Waals surface area (Å²) in [5, 5.41) is 11.0. The second-order valence-electron chi connectivity index (χ2n) is 3.55. The molecule has 0 fully saturated rings. The van der Waals surface area contributed by atoms with E-state index in [1.54, 1.807) is 12.1 Å². The van der Waals surface area contributed by atoms with E-state index >= 15 is 0 Å². The molecule has 4 heteroatoms. The van der Waals surface area contributed by atoms with E-state index in [0.29, 0.717) is 6.42 Å². The lowest BCUT2D eigenvalue weighted by Crippen LogP contribution is -2.25. The summed E-state index contributed by atoms with van der Waals surface area (Å²) in [6, 6.07) is 4.45. The van der Waals surface area contributed by atoms with Crippen LogP contribution >= 0.6 is 0 Å². The lowest BCUT2D eigenvalue weighted by Gasteiger charge is -2.11. The van der Waals surface area contributed by atoms with Gasteiger partial charge < -0.3 is 14.6 Å². The fraction of sp³-hybridized carbons (Fsp3) is 0.143. The third-order valence-electron chi connectivity index (χ3n) is 2.24. The van der Waals surface area contributed by atoms with Crippen LogP contribution in [0.25, 0.3) is 0 Å². The molecule has 1 rings (SSSR count). The molecule has 0 atom stereocenters. The van der Waals surface area contributed by atoms with Crippen molar-refractivity contribution in [2.75, 3.05) is 6.61 Å². The Hall–Kier alpha value is -2.36. The average molecular weight is 245 g/mol. The van der Waals surface area contributed by atoms with Gasteiger partial charge in [-0.2, -0.15) is 0 Å². The molecule has 0 amide bonds. The Morgan fingerprint density at radius 2 is 1.94 bits per heavy atom. The summed E-state index contributed by atoms with van der Waals surface area (Å²) in [5.41, 5.74) is 0.539. The summed E-state index contributed by atoms with van der Waals surface area (Å²) in [7, 11) is 0. The average Bonchev–Trinajstić information content (AvgIpc) is 2.36. The van der Waals surface area contributed by atoms with Crippen molar-refractivity contribution < 1.29 is 19.4 Å². The van der Waals surface area contributed by atoms with E-state index in [9.17, 15) is 14.7 Å². The lowest BCUT2D eigenvalue weighted by atomic mass is 10.0. The van der Waals surface area contributed by atoms with E-state index in [4.69, 9.17) is 4.74 Å². The van der Waals surface area contributed by atoms with Gasteiger partial charge in [0.1, 0.15) is 6.61 Å². The van der Waals surface area contributed by atoms with Crippen LogP contribution in [0.2, 0.25) is 0 Å². The van der Waals surface area contributed by atoms with E-state index in [1.807, 2.05) is 0 Å². The number of carbonyl (C=O) groups is 2. The lowest BCUT2D eigenvalue weighted by molar-refractivity contribution is -0.255. The predicted molar refractivity (Wildman–Crippen MR) is 65.2 cm³/mol. The smallest absolute Gasteiger partial charge is 0.339 e. The van der Waals surface area contributed by atoms with Crippen molar-refractivity contribution in [1.29, 1.82) is 0 Å². The first-order chi connectivity index (χ1) is 8.60. The molecule has 0 spiro atoms. The molecule has 0 saturated carbocycles. The topological polar surface area (TPSA) is 66.4 Å². The van der Waals surface area contributed by atoms with Crippen molar-refractivity contribution in [2.45, 2.75) is 6.42 Å². The fourth-order valence-electron chi connectivity index (χ4n) is 1.44. The number of esters is 1. The summed E-state index contributed by atoms with van der Waals surface area (Å²) in [4.78, 5) is 22.6. The number of carbonyl (C=O) groups excluding carboxylic acids is 2. The number of benzene rings is 1. The molecule has 18 heavy (non-hydrogen) atoms. The zero-order chi connectivity index (χ0) is 13.5. The summed E-state index contributed by atoms with van der Waals surface area (Å²) >= 11 is 0. The zero-order valence-electron chi connectivity index (χ0n) is 9.85. The minimum atomic E-state index is -1.41. The largest absolute Gasteiger partial charge is 0.545 e. The van der Waals surface area contributed by atoms with Gasteiger partial charge in [-0.25, -0.2) is 4.79 Å². The third-order valence-corrected chi connectivity index (χ3v) is 2.24. The van der Waals surface area contributed by atoms with Crippen LogP contribution in [0.4, 0.5) is 0 Å². The minimum Gasteiger partial charge on any atom is -0.545 e. The second kappa shape index (κ2) is 6.39. The first-order valence-electron chi connectivity index (χ1n) is 5.33. The predicted octanol–water partition coefficient (Wildman–Crippen LogP) is 1.12. The molecule has 0 radical (unpaired) electrons. The normalized spacial score (nSPS) is 9.56. The van der Waals surface area contributed by atoms with Crippen LogP contribution in [-0.4, -0.2) is 18.5 Å². The zero-order valence-corrected chi connectivity index (χ0v) is 9.85. The molecule has 0 bridgehead atoms. The number of allylic oxidation sites excluding steroid dienone is 1. The molecule has 1 aromatic rings. The van der Waals surface area contributed by atoms with Crippen LogP contribution in [0.5, 0.6) is 0 Å². The minimum absolute atomic E-state index is 0.0235. The highest BCUT2D eigenvalue weighted by Gasteiger charge is 2.13. The molecule has 0 aromatic heterocycles. The molecule has 94 valence electrons. The Balaban J connectivity index is 3.10. The third kappa shape index (κ3) is 3.31. The molecule has 0 heterocycles. The molecule has 1 aromatic carbocycles. The number of ether oxygens (including phenoxy) is 1. The van der Waals surface area contributed by atoms with E-state index < -0.39 is 11.9 Å². The van der Waals surface area contributed by atoms with Gasteiger partial charge in [0.2, 0.25) is 0 Å². The second-order valence-corrected chi connectivity index (χ2v) is 3.55. The summed E-state index contributed by atoms with van der Waals surface area (Å²) in [6.07, 6.45) is 3.56. The van der Waals surface area contributed by atoms with Gasteiger partial charge in [0.25, 0.3) is 0 Å². The van der Waals surface area contributed by atoms with Gasteiger partial charge >= 0.3 is 5.97 Å². The van der Waals surface area contributed by atoms with Crippen LogP contribution in [0.15, 0.2) is 43.5 Å². The summed E-state index contributed by atoms with van der Waals surface area (Å²) in [6.45, 7) is 7.00. The van der Waals surface area contributed by atoms with Gasteiger partial charge in [0, 0.05) is 5.56 Å². The van der Waals surface area contributed by atoms with Crippen molar-refractivity contribution in [3.05, 3.63) is 60.2 Å². The number of rotatable bonds is 6. The number of hydrogen-bond acceptors (Lipinski definition) is 4. The van der Waals surface area contributed by atoms with Crippen molar-refractivity contribution in [2.24, 2.45) is 0 Å². The van der Waals surface area contributed by atoms with Gasteiger partial charge in [-0.05, 0) is 24.1 Å². The Kier molecular flexibility index (Phi) is 4.87. The SMILES string of the molecule is C=CCOC(=O)c1ccc(CC=C)cc1C(=O)[O-]. The molecule has 0 aliphatic heterocycles. The van der Waals surface area contributed by atoms with Crippen LogP contribution < -0.4 is 5.11 Å². The maximum atomic E-state index is 11.6. The highest BCUT2D eigenvalue weighted by atomic mass is 16.5. The fourth-order valence-corrected chi connectivity index (χ4v) is 1.44. The highest BCUT2D eigenvalue weighted by molar-refractivity contribution is 6.01. The van der Waals surface area contributed by atoms with Crippen LogP contribution in [0.3, 0.4) is 0 Å². The number of carboxylic acids is 1. The number of carboxylic acid groups (broad SMARTS) is 1. The van der Waals surface area contributed by atoms with Crippen molar-refractivity contribution in [3.63, 3.8) is 0 Å². The molecule has 0 unspecified atom stereocenters. The van der Waals surface area contributed by atoms with Crippen LogP contribution in [0, 0.1) is 0 Å². The standard InChI is InChI=1S/C14H14O4/c1-3-5-10-6-7-11(12(9-10)13(15)16)14(17)18-8-4-2/h3-4,6-7,9H,1-2,5,8H2,(H,15,16)/p-1. The van der Waals surface area contributed by atoms with Crippen molar-refractivity contribution in [1.82, 2.24) is 0 Å². The first kappa shape index (κ1) is 13.7. The highest BCUT2D eigenvalue weighted by Crippen LogP contribution is 2.14. The molecular weight excluding hydrogens is 232 g/mol. The molecule has 0 saturated heterocycles. The summed E-state index contributed by atoms with van der Waals surface area (Å²) in [5.74, 6) is -2.12. The monoisotopic (exact) mass is 245 g/mol. The van der Waals surface area contributed by atoms with Crippen molar-refractivity contribution in [3.8, 4) is 0 Å². The quantitative estimate of drug-likeness (QED) is 0.556. The summed E-state index contributed by atoms with van der Waals surface area (Å²) < 4.78 is 4.80. The van der Waals surface area contributed by atoms with Gasteiger partial charge in [0.15, 0.2) is 0 Å². The van der Waals surface area contributed by atoms with E-state index in [-0.39, 0.29) is 17.7 Å². The van der Waals surface area contributed by atoms with Gasteiger partial charge in [0.05, 0.1) is 11.5 Å². The van der Waals surface area contributed by atoms with E-state index in [0.717, 1.165) is 5.56 Å². The van der Waals surface area contributed by atoms with Gasteiger partial charge in [-0.15, -0.1) is 6.58 Å². The Morgan fingerprint density at radius 1 is 1.22 bits per heavy atom. The molecule has 0 aliphatic carbocycles. The maximum absolute atomic E-state index is 11.6. The van der Waals surface area contributed by atoms with E-state index in [2.05, 4.69) is 13.2 Å². The number of hydrogen-bond donors (Lipinski definition) is 0. The molecule has 4 nitrogen and oxygen atoms in total. The molecule has 0 aliphatic rings. The Labute approximate surface area is 105 Å². The number of aromatic carboxylic acids is 1. The van der Waals surface area contributed by atoms with Crippen molar-refractivity contribution >= 4 is 11.9 Å². The Morgan fingerprint density at radius 3 is 2.50 bits per heavy atom. The van der Waals surface area contributed by atoms with E-state index in [1.165, 1.54) is 18.2 Å². The molecular formula is C14H13O4-. The Bertz CT molecular complexity index is 489. The molecule has 0 N–H and O–H groups in total. The maximum Gasteiger partial charge on any atom is 0.339 e. The van der Waals surface area contributed by atoms with Gasteiger partial charge in [-0.3, -0.25) is 0 Å².